The van der Waals surface area contributed by atoms with E-state index < -0.39 is 28.4 Å². The number of carbonyl (C=O) groups is 2. The van der Waals surface area contributed by atoms with Crippen molar-refractivity contribution in [2.45, 2.75) is 18.7 Å². The van der Waals surface area contributed by atoms with Crippen LogP contribution in [0.15, 0.2) is 53.4 Å². The number of esters is 1. The summed E-state index contributed by atoms with van der Waals surface area (Å²) in [5.74, 6) is -0.611. The highest BCUT2D eigenvalue weighted by Crippen LogP contribution is 2.20. The molecule has 0 aliphatic heterocycles. The fourth-order valence-electron chi connectivity index (χ4n) is 2.62. The maximum absolute atomic E-state index is 12.9. The number of benzene rings is 2. The molecule has 0 atom stereocenters. The van der Waals surface area contributed by atoms with Gasteiger partial charge < -0.3 is 14.8 Å². The molecule has 0 unspecified atom stereocenters. The Morgan fingerprint density at radius 3 is 2.28 bits per heavy atom. The standard InChI is InChI=1S/C20H24N2O6S/c1-4-22(29(25,26)16-12-10-15(11-13-16)28-5-2)14-19(23)21-18-9-7-6-8-17(18)20(24)27-3/h6-13H,4-5,14H2,1-3H3,(H,21,23). The van der Waals surface area contributed by atoms with Gasteiger partial charge in [0.1, 0.15) is 5.75 Å². The summed E-state index contributed by atoms with van der Waals surface area (Å²) in [5.41, 5.74) is 0.430. The van der Waals surface area contributed by atoms with Crippen LogP contribution < -0.4 is 10.1 Å². The van der Waals surface area contributed by atoms with Gasteiger partial charge in [0.05, 0.1) is 36.4 Å². The van der Waals surface area contributed by atoms with Crippen molar-refractivity contribution in [1.29, 1.82) is 0 Å². The molecule has 0 saturated carbocycles. The van der Waals surface area contributed by atoms with E-state index in [4.69, 9.17) is 9.47 Å². The summed E-state index contributed by atoms with van der Waals surface area (Å²) in [6, 6.07) is 12.3. The molecule has 0 aliphatic rings. The highest BCUT2D eigenvalue weighted by molar-refractivity contribution is 7.89. The summed E-state index contributed by atoms with van der Waals surface area (Å²) in [4.78, 5) is 24.4. The van der Waals surface area contributed by atoms with Crippen LogP contribution in [0.2, 0.25) is 0 Å². The molecule has 0 heterocycles. The van der Waals surface area contributed by atoms with E-state index in [1.807, 2.05) is 6.92 Å². The maximum atomic E-state index is 12.9. The van der Waals surface area contributed by atoms with Gasteiger partial charge in [0.25, 0.3) is 0 Å². The lowest BCUT2D eigenvalue weighted by atomic mass is 10.2. The Labute approximate surface area is 170 Å². The topological polar surface area (TPSA) is 102 Å². The van der Waals surface area contributed by atoms with Crippen molar-refractivity contribution in [2.75, 3.05) is 32.1 Å². The van der Waals surface area contributed by atoms with Crippen LogP contribution in [0.1, 0.15) is 24.2 Å². The van der Waals surface area contributed by atoms with E-state index in [0.29, 0.717) is 12.4 Å². The third-order valence-electron chi connectivity index (χ3n) is 4.05. The Hall–Kier alpha value is -2.91. The lowest BCUT2D eigenvalue weighted by Gasteiger charge is -2.20. The van der Waals surface area contributed by atoms with Gasteiger partial charge in [0, 0.05) is 6.54 Å². The van der Waals surface area contributed by atoms with Crippen LogP contribution in [0.3, 0.4) is 0 Å². The van der Waals surface area contributed by atoms with Crippen molar-refractivity contribution in [3.8, 4) is 5.75 Å². The van der Waals surface area contributed by atoms with Crippen LogP contribution in [-0.4, -0.2) is 51.4 Å². The van der Waals surface area contributed by atoms with Crippen molar-refractivity contribution < 1.29 is 27.5 Å². The molecule has 1 N–H and O–H groups in total. The summed E-state index contributed by atoms with van der Waals surface area (Å²) in [6.45, 7) is 3.64. The smallest absolute Gasteiger partial charge is 0.339 e. The number of likely N-dealkylation sites (N-methyl/N-ethyl adjacent to an activating group) is 1. The van der Waals surface area contributed by atoms with Crippen LogP contribution in [0, 0.1) is 0 Å². The lowest BCUT2D eigenvalue weighted by Crippen LogP contribution is -2.38. The number of ether oxygens (including phenoxy) is 2. The molecule has 9 heteroatoms. The third kappa shape index (κ3) is 5.55. The zero-order chi connectivity index (χ0) is 21.4. The summed E-state index contributed by atoms with van der Waals surface area (Å²) >= 11 is 0. The number of sulfonamides is 1. The lowest BCUT2D eigenvalue weighted by molar-refractivity contribution is -0.116. The molecule has 1 amide bonds. The van der Waals surface area contributed by atoms with E-state index in [1.54, 1.807) is 37.3 Å². The van der Waals surface area contributed by atoms with Crippen LogP contribution >= 0.6 is 0 Å². The largest absolute Gasteiger partial charge is 0.494 e. The number of hydrogen-bond donors (Lipinski definition) is 1. The molecule has 0 radical (unpaired) electrons. The minimum atomic E-state index is -3.88. The Morgan fingerprint density at radius 1 is 1.03 bits per heavy atom. The van der Waals surface area contributed by atoms with Gasteiger partial charge in [0.15, 0.2) is 0 Å². The molecule has 8 nitrogen and oxygen atoms in total. The van der Waals surface area contributed by atoms with Crippen LogP contribution in [0.5, 0.6) is 5.75 Å². The molecular weight excluding hydrogens is 396 g/mol. The number of nitrogens with zero attached hydrogens (tertiary/aromatic N) is 1. The fourth-order valence-corrected chi connectivity index (χ4v) is 4.03. The van der Waals surface area contributed by atoms with Gasteiger partial charge in [-0.05, 0) is 43.3 Å². The van der Waals surface area contributed by atoms with E-state index in [0.717, 1.165) is 4.31 Å². The highest BCUT2D eigenvalue weighted by atomic mass is 32.2. The first-order valence-electron chi connectivity index (χ1n) is 9.03. The normalized spacial score (nSPS) is 11.2. The van der Waals surface area contributed by atoms with Crippen molar-refractivity contribution in [3.63, 3.8) is 0 Å². The summed E-state index contributed by atoms with van der Waals surface area (Å²) in [6.07, 6.45) is 0. The van der Waals surface area contributed by atoms with Crippen LogP contribution in [0.25, 0.3) is 0 Å². The first-order chi connectivity index (χ1) is 13.8. The number of rotatable bonds is 9. The van der Waals surface area contributed by atoms with Crippen molar-refractivity contribution in [1.82, 2.24) is 4.31 Å². The van der Waals surface area contributed by atoms with Crippen LogP contribution in [-0.2, 0) is 19.6 Å². The highest BCUT2D eigenvalue weighted by Gasteiger charge is 2.26. The zero-order valence-corrected chi connectivity index (χ0v) is 17.4. The predicted octanol–water partition coefficient (Wildman–Crippen LogP) is 2.52. The third-order valence-corrected chi connectivity index (χ3v) is 5.99. The molecule has 0 saturated heterocycles. The first-order valence-corrected chi connectivity index (χ1v) is 10.5. The van der Waals surface area contributed by atoms with Gasteiger partial charge in [-0.2, -0.15) is 4.31 Å². The van der Waals surface area contributed by atoms with E-state index in [-0.39, 0.29) is 22.7 Å². The Balaban J connectivity index is 2.16. The SMILES string of the molecule is CCOc1ccc(S(=O)(=O)N(CC)CC(=O)Nc2ccccc2C(=O)OC)cc1. The minimum absolute atomic E-state index is 0.0607. The number of methoxy groups -OCH3 is 1. The van der Waals surface area contributed by atoms with Gasteiger partial charge >= 0.3 is 5.97 Å². The molecule has 0 aliphatic carbocycles. The predicted molar refractivity (Wildman–Crippen MR) is 108 cm³/mol. The number of amides is 1. The molecule has 2 aromatic carbocycles. The number of para-hydroxylation sites is 1. The monoisotopic (exact) mass is 420 g/mol. The van der Waals surface area contributed by atoms with Gasteiger partial charge in [-0.1, -0.05) is 19.1 Å². The molecular formula is C20H24N2O6S. The Morgan fingerprint density at radius 2 is 1.69 bits per heavy atom. The average Bonchev–Trinajstić information content (AvgIpc) is 2.72. The number of anilines is 1. The number of hydrogen-bond acceptors (Lipinski definition) is 6. The first kappa shape index (κ1) is 22.4. The second-order valence-corrected chi connectivity index (χ2v) is 7.86. The van der Waals surface area contributed by atoms with Gasteiger partial charge in [0.2, 0.25) is 15.9 Å². The molecule has 0 spiro atoms. The van der Waals surface area contributed by atoms with E-state index in [9.17, 15) is 18.0 Å². The van der Waals surface area contributed by atoms with Gasteiger partial charge in [-0.15, -0.1) is 0 Å². The van der Waals surface area contributed by atoms with E-state index in [1.165, 1.54) is 25.3 Å². The van der Waals surface area contributed by atoms with E-state index >= 15 is 0 Å². The van der Waals surface area contributed by atoms with Crippen molar-refractivity contribution in [3.05, 3.63) is 54.1 Å². The zero-order valence-electron chi connectivity index (χ0n) is 16.5. The fraction of sp³-hybridized carbons (Fsp3) is 0.300. The second kappa shape index (κ2) is 10.0. The summed E-state index contributed by atoms with van der Waals surface area (Å²) in [7, 11) is -2.64. The Bertz CT molecular complexity index is 957. The van der Waals surface area contributed by atoms with E-state index in [2.05, 4.69) is 5.32 Å². The summed E-state index contributed by atoms with van der Waals surface area (Å²) in [5, 5.41) is 2.57. The molecule has 156 valence electrons. The van der Waals surface area contributed by atoms with Gasteiger partial charge in [-0.3, -0.25) is 4.79 Å². The molecule has 2 rings (SSSR count). The molecule has 2 aromatic rings. The molecule has 29 heavy (non-hydrogen) atoms. The number of carbonyl (C=O) groups excluding carboxylic acids is 2. The second-order valence-electron chi connectivity index (χ2n) is 5.92. The Kier molecular flexibility index (Phi) is 7.74. The van der Waals surface area contributed by atoms with Crippen molar-refractivity contribution in [2.24, 2.45) is 0 Å². The molecule has 0 fully saturated rings. The number of nitrogens with one attached hydrogen (secondary N) is 1. The maximum Gasteiger partial charge on any atom is 0.339 e. The molecule has 0 bridgehead atoms. The van der Waals surface area contributed by atoms with Crippen molar-refractivity contribution >= 4 is 27.6 Å². The van der Waals surface area contributed by atoms with Gasteiger partial charge in [-0.25, -0.2) is 13.2 Å². The average molecular weight is 420 g/mol. The van der Waals surface area contributed by atoms with Crippen LogP contribution in [0.4, 0.5) is 5.69 Å². The minimum Gasteiger partial charge on any atom is -0.494 e. The summed E-state index contributed by atoms with van der Waals surface area (Å²) < 4.78 is 36.8. The quantitative estimate of drug-likeness (QED) is 0.626. The molecule has 0 aromatic heterocycles.